The molecule has 5 aromatic heterocycles. The van der Waals surface area contributed by atoms with E-state index in [1.807, 2.05) is 72.3 Å². The number of benzene rings is 5. The number of H-pyrrole nitrogens is 5. The van der Waals surface area contributed by atoms with Crippen LogP contribution in [0.1, 0.15) is 60.4 Å². The SMILES string of the molecule is CCN(C(=O)NC)c1ccc2c(c1)N(C(C#N)c1cnc[nH]1)CCO2.CCN(C(=O)NOC)c1ccc2c(c1)N(Cc1cnc[nH]1)CCO2.CNC(=O)N(C)c1cc(Cl)c2c(c1)N(Cc1cnc[nH]1)CCO2.COC(=O)Nc1cc(F)c2c(c1)N(C(C#N)c1cnc[nH]1)CCO2.COC(=O)Nc1ccc2c(c1)N(C(C#N)c1cnc[nH]1)CCO2. The summed E-state index contributed by atoms with van der Waals surface area (Å²) in [4.78, 5) is 113. The molecule has 41 heteroatoms. The second kappa shape index (κ2) is 40.9. The Morgan fingerprint density at radius 3 is 1.40 bits per heavy atom. The van der Waals surface area contributed by atoms with Gasteiger partial charge in [0.1, 0.15) is 50.3 Å². The van der Waals surface area contributed by atoms with E-state index in [1.165, 1.54) is 51.1 Å². The van der Waals surface area contributed by atoms with Crippen LogP contribution >= 0.6 is 11.6 Å². The quantitative estimate of drug-likeness (QED) is 0.0357. The van der Waals surface area contributed by atoms with Crippen molar-refractivity contribution < 1.29 is 66.4 Å². The molecule has 0 saturated heterocycles. The molecule has 8 amide bonds. The minimum absolute atomic E-state index is 0.0384. The molecule has 3 unspecified atom stereocenters. The summed E-state index contributed by atoms with van der Waals surface area (Å²) in [5.74, 6) is 2.22. The molecule has 5 aromatic carbocycles. The molecule has 0 bridgehead atoms. The van der Waals surface area contributed by atoms with E-state index in [1.54, 1.807) is 97.7 Å². The minimum Gasteiger partial charge on any atom is -0.490 e. The van der Waals surface area contributed by atoms with Crippen molar-refractivity contribution in [3.05, 3.63) is 181 Å². The van der Waals surface area contributed by atoms with Crippen LogP contribution in [-0.4, -0.2) is 201 Å². The van der Waals surface area contributed by atoms with Crippen molar-refractivity contribution in [3.8, 4) is 47.0 Å². The summed E-state index contributed by atoms with van der Waals surface area (Å²) in [7, 11) is 8.81. The summed E-state index contributed by atoms with van der Waals surface area (Å²) < 4.78 is 51.6. The van der Waals surface area contributed by atoms with Crippen LogP contribution in [0.15, 0.2) is 141 Å². The van der Waals surface area contributed by atoms with Gasteiger partial charge in [0.25, 0.3) is 0 Å². The standard InChI is InChI=1S/C17H20N6O2.C16H21N5O3.C15H18ClN5O2.C15H14FN5O3.C15H15N5O3/c1-3-22(17(24)19-2)12-4-5-16-14(8-12)23(6-7-25-16)15(9-18)13-10-20-11-21-13;1-3-21(16(22)19-23-2)13-4-5-15-14(8-13)20(6-7-24-15)10-12-9-17-11-18-12;1-17-15(22)20(2)11-5-12(16)14-13(6-11)21(3-4-23-14)8-10-7-18-9-19-10;1-23-15(22)20-9-4-10(16)14-12(5-9)21(2-3-24-14)13(6-17)11-7-18-8-19-11;1-22-15(21)19-10-2-3-14-12(6-10)20(4-5-23-14)13(7-16)11-8-17-9-18-11/h4-5,8,10-11,15H,3,6-7H2,1-2H3,(H,19,24)(H,20,21);4-5,8-9,11H,3,6-7,10H2,1-2H3,(H,17,18)(H,19,22);5-7,9H,3-4,8H2,1-2H3,(H,17,22)(H,18,19);4-5,7-8,13H,2-3H2,1H3,(H,18,19)(H,20,22);2-3,6,8-9,13H,4-5H2,1H3,(H,17,18)(H,19,21). The van der Waals surface area contributed by atoms with E-state index in [0.29, 0.717) is 123 Å². The molecule has 0 spiro atoms. The molecule has 39 nitrogen and oxygen atoms in total. The number of aromatic amines is 5. The Kier molecular flexibility index (Phi) is 29.3. The van der Waals surface area contributed by atoms with Gasteiger partial charge in [-0.3, -0.25) is 30.2 Å². The van der Waals surface area contributed by atoms with Gasteiger partial charge in [0.2, 0.25) is 0 Å². The van der Waals surface area contributed by atoms with Crippen molar-refractivity contribution in [1.29, 1.82) is 15.8 Å². The smallest absolute Gasteiger partial charge is 0.411 e. The van der Waals surface area contributed by atoms with Gasteiger partial charge >= 0.3 is 30.3 Å². The molecule has 15 rings (SSSR count). The number of anilines is 10. The molecular weight excluding hydrogens is 1560 g/mol. The normalized spacial score (nSPS) is 13.8. The number of carbonyl (C=O) groups excluding carboxylic acids is 5. The Morgan fingerprint density at radius 2 is 0.924 bits per heavy atom. The van der Waals surface area contributed by atoms with Crippen LogP contribution in [0.2, 0.25) is 5.02 Å². The van der Waals surface area contributed by atoms with Gasteiger partial charge in [-0.2, -0.15) is 15.8 Å². The van der Waals surface area contributed by atoms with Crippen molar-refractivity contribution in [2.24, 2.45) is 0 Å². The fourth-order valence-corrected chi connectivity index (χ4v) is 13.5. The van der Waals surface area contributed by atoms with Crippen molar-refractivity contribution in [1.82, 2.24) is 66.0 Å². The lowest BCUT2D eigenvalue weighted by Gasteiger charge is -2.35. The number of methoxy groups -OCH3 is 2. The Labute approximate surface area is 687 Å². The van der Waals surface area contributed by atoms with E-state index < -0.39 is 36.1 Å². The number of halogens is 2. The Bertz CT molecular complexity index is 5180. The average molecular weight is 1650 g/mol. The summed E-state index contributed by atoms with van der Waals surface area (Å²) in [5, 5.41) is 39.5. The summed E-state index contributed by atoms with van der Waals surface area (Å²) in [6.07, 6.45) is 15.0. The Balaban J connectivity index is 0.000000146. The van der Waals surface area contributed by atoms with Gasteiger partial charge in [0.05, 0.1) is 198 Å². The molecule has 5 aliphatic heterocycles. The largest absolute Gasteiger partial charge is 0.490 e. The fourth-order valence-electron chi connectivity index (χ4n) is 13.3. The number of imidazole rings is 5. The zero-order valence-electron chi connectivity index (χ0n) is 66.1. The van der Waals surface area contributed by atoms with Crippen molar-refractivity contribution in [3.63, 3.8) is 0 Å². The van der Waals surface area contributed by atoms with Crippen LogP contribution < -0.4 is 89.6 Å². The number of ether oxygens (including phenoxy) is 7. The van der Waals surface area contributed by atoms with E-state index in [2.05, 4.69) is 114 Å². The first-order chi connectivity index (χ1) is 57.9. The number of nitriles is 3. The lowest BCUT2D eigenvalue weighted by atomic mass is 10.1. The van der Waals surface area contributed by atoms with Crippen LogP contribution in [0.4, 0.5) is 85.2 Å². The van der Waals surface area contributed by atoms with Gasteiger partial charge in [-0.05, 0) is 86.6 Å². The number of hydrogen-bond acceptors (Lipinski definition) is 26. The van der Waals surface area contributed by atoms with E-state index in [-0.39, 0.29) is 36.1 Å². The predicted octanol–water partition coefficient (Wildman–Crippen LogP) is 10.4. The Morgan fingerprint density at radius 1 is 0.504 bits per heavy atom. The highest BCUT2D eigenvalue weighted by atomic mass is 35.5. The maximum atomic E-state index is 14.3. The molecule has 622 valence electrons. The first-order valence-electron chi connectivity index (χ1n) is 37.2. The predicted molar refractivity (Wildman–Crippen MR) is 438 cm³/mol. The minimum atomic E-state index is -0.719. The van der Waals surface area contributed by atoms with Crippen molar-refractivity contribution in [2.75, 3.05) is 171 Å². The Hall–Kier alpha value is -14.9. The van der Waals surface area contributed by atoms with E-state index in [9.17, 15) is 44.1 Å². The number of hydrogen-bond donors (Lipinski definition) is 10. The first-order valence-corrected chi connectivity index (χ1v) is 37.6. The van der Waals surface area contributed by atoms with Gasteiger partial charge in [-0.15, -0.1) is 0 Å². The summed E-state index contributed by atoms with van der Waals surface area (Å²) in [6, 6.07) is 27.2. The first kappa shape index (κ1) is 85.0. The topological polar surface area (TPSA) is 460 Å². The number of nitrogens with zero attached hydrogens (tertiary/aromatic N) is 16. The van der Waals surface area contributed by atoms with E-state index in [4.69, 9.17) is 40.1 Å². The zero-order valence-corrected chi connectivity index (χ0v) is 66.9. The molecule has 5 aliphatic rings. The summed E-state index contributed by atoms with van der Waals surface area (Å²) in [6.45, 7) is 11.6. The van der Waals surface area contributed by atoms with Crippen LogP contribution in [0.5, 0.6) is 28.7 Å². The van der Waals surface area contributed by atoms with E-state index in [0.717, 1.165) is 76.1 Å². The molecule has 10 aromatic rings. The number of nitrogens with one attached hydrogen (secondary N) is 10. The van der Waals surface area contributed by atoms with Crippen LogP contribution in [0.3, 0.4) is 0 Å². The number of aromatic nitrogens is 10. The maximum Gasteiger partial charge on any atom is 0.411 e. The molecule has 10 heterocycles. The second-order valence-corrected chi connectivity index (χ2v) is 26.4. The molecule has 119 heavy (non-hydrogen) atoms. The molecule has 0 fully saturated rings. The molecule has 0 radical (unpaired) electrons. The summed E-state index contributed by atoms with van der Waals surface area (Å²) in [5.41, 5.74) is 13.1. The van der Waals surface area contributed by atoms with Gasteiger partial charge in [0.15, 0.2) is 35.4 Å². The number of rotatable bonds is 18. The van der Waals surface area contributed by atoms with Gasteiger partial charge in [0, 0.05) is 81.1 Å². The highest BCUT2D eigenvalue weighted by Gasteiger charge is 2.34. The zero-order chi connectivity index (χ0) is 84.5. The molecule has 3 atom stereocenters. The van der Waals surface area contributed by atoms with Crippen LogP contribution in [0, 0.1) is 39.8 Å². The lowest BCUT2D eigenvalue weighted by Crippen LogP contribution is -2.39. The van der Waals surface area contributed by atoms with Gasteiger partial charge in [-0.25, -0.2) is 58.8 Å². The van der Waals surface area contributed by atoms with Crippen molar-refractivity contribution in [2.45, 2.75) is 45.1 Å². The number of fused-ring (bicyclic) bond motifs is 5. The molecular formula is C78H88ClFN26O13. The number of amides is 8. The second-order valence-electron chi connectivity index (χ2n) is 26.0. The van der Waals surface area contributed by atoms with Gasteiger partial charge in [-0.1, -0.05) is 11.6 Å². The number of carbonyl (C=O) groups is 5. The lowest BCUT2D eigenvalue weighted by molar-refractivity contribution is 0.111. The van der Waals surface area contributed by atoms with Gasteiger partial charge < -0.3 is 93.2 Å². The average Bonchev–Trinajstić information content (AvgIpc) is 1.76. The monoisotopic (exact) mass is 1650 g/mol. The molecule has 0 aliphatic carbocycles. The van der Waals surface area contributed by atoms with E-state index >= 15 is 0 Å². The summed E-state index contributed by atoms with van der Waals surface area (Å²) >= 11 is 6.36. The third-order valence-corrected chi connectivity index (χ3v) is 19.2. The third kappa shape index (κ3) is 20.6. The van der Waals surface area contributed by atoms with Crippen molar-refractivity contribution >= 4 is 98.8 Å². The third-order valence-electron chi connectivity index (χ3n) is 19.0. The molecule has 0 saturated carbocycles. The highest BCUT2D eigenvalue weighted by Crippen LogP contribution is 2.45. The fraction of sp³-hybridized carbons (Fsp3) is 0.321. The maximum absolute atomic E-state index is 14.3. The number of hydroxylamine groups is 1. The highest BCUT2D eigenvalue weighted by molar-refractivity contribution is 6.33. The van der Waals surface area contributed by atoms with Crippen LogP contribution in [-0.2, 0) is 27.4 Å². The molecule has 10 N–H and O–H groups in total. The van der Waals surface area contributed by atoms with Crippen LogP contribution in [0.25, 0.3) is 0 Å². The number of urea groups is 3.